The van der Waals surface area contributed by atoms with Crippen molar-refractivity contribution in [3.8, 4) is 17.2 Å². The molecule has 2 heterocycles. The molecule has 182 valence electrons. The molecule has 10 heteroatoms. The number of thioether (sulfide) groups is 1. The Morgan fingerprint density at radius 1 is 1.11 bits per heavy atom. The SMILES string of the molecule is COc1cccc(NCc2nnc(SCc3noc(-c4ccc(F)cc4)n3)n2C2CCCCC2)c1. The molecule has 1 saturated carbocycles. The number of nitrogens with zero attached hydrogens (tertiary/aromatic N) is 5. The fourth-order valence-corrected chi connectivity index (χ4v) is 5.17. The molecule has 0 unspecified atom stereocenters. The number of hydrogen-bond donors (Lipinski definition) is 1. The first-order valence-corrected chi connectivity index (χ1v) is 12.7. The second-order valence-corrected chi connectivity index (χ2v) is 9.40. The van der Waals surface area contributed by atoms with E-state index in [0.717, 1.165) is 35.3 Å². The van der Waals surface area contributed by atoms with Crippen molar-refractivity contribution < 1.29 is 13.7 Å². The van der Waals surface area contributed by atoms with Crippen LogP contribution in [0.3, 0.4) is 0 Å². The fraction of sp³-hybridized carbons (Fsp3) is 0.360. The van der Waals surface area contributed by atoms with E-state index in [0.29, 0.717) is 35.6 Å². The van der Waals surface area contributed by atoms with Gasteiger partial charge < -0.3 is 19.1 Å². The molecule has 1 fully saturated rings. The van der Waals surface area contributed by atoms with E-state index < -0.39 is 0 Å². The third-order valence-electron chi connectivity index (χ3n) is 6.08. The molecule has 0 aliphatic heterocycles. The van der Waals surface area contributed by atoms with E-state index in [2.05, 4.69) is 30.2 Å². The van der Waals surface area contributed by atoms with Crippen LogP contribution in [0.15, 0.2) is 58.2 Å². The standard InChI is InChI=1S/C25H27FN6O2S/c1-33-21-9-5-6-19(14-21)27-15-23-29-30-25(32(23)20-7-3-2-4-8-20)35-16-22-28-24(34-31-22)17-10-12-18(26)13-11-17/h5-6,9-14,20,27H,2-4,7-8,15-16H2,1H3. The first-order valence-electron chi connectivity index (χ1n) is 11.7. The maximum Gasteiger partial charge on any atom is 0.257 e. The van der Waals surface area contributed by atoms with E-state index in [9.17, 15) is 4.39 Å². The first-order chi connectivity index (χ1) is 17.2. The van der Waals surface area contributed by atoms with Crippen molar-refractivity contribution >= 4 is 17.4 Å². The van der Waals surface area contributed by atoms with Gasteiger partial charge in [-0.2, -0.15) is 4.98 Å². The first kappa shape index (κ1) is 23.3. The summed E-state index contributed by atoms with van der Waals surface area (Å²) in [4.78, 5) is 4.46. The van der Waals surface area contributed by atoms with Crippen LogP contribution in [0, 0.1) is 5.82 Å². The number of benzene rings is 2. The van der Waals surface area contributed by atoms with Crippen molar-refractivity contribution in [2.75, 3.05) is 12.4 Å². The van der Waals surface area contributed by atoms with Crippen LogP contribution in [-0.2, 0) is 12.3 Å². The second kappa shape index (κ2) is 10.9. The summed E-state index contributed by atoms with van der Waals surface area (Å²) in [7, 11) is 1.66. The Kier molecular flexibility index (Phi) is 7.27. The summed E-state index contributed by atoms with van der Waals surface area (Å²) in [5.41, 5.74) is 1.66. The van der Waals surface area contributed by atoms with Gasteiger partial charge in [0, 0.05) is 23.4 Å². The Balaban J connectivity index is 1.31. The van der Waals surface area contributed by atoms with Gasteiger partial charge in [0.05, 0.1) is 19.4 Å². The molecule has 35 heavy (non-hydrogen) atoms. The highest BCUT2D eigenvalue weighted by Gasteiger charge is 2.23. The molecule has 1 aliphatic rings. The lowest BCUT2D eigenvalue weighted by atomic mass is 9.95. The molecular weight excluding hydrogens is 467 g/mol. The molecule has 2 aromatic carbocycles. The van der Waals surface area contributed by atoms with E-state index in [1.54, 1.807) is 31.0 Å². The van der Waals surface area contributed by atoms with Gasteiger partial charge in [-0.3, -0.25) is 0 Å². The summed E-state index contributed by atoms with van der Waals surface area (Å²) in [6.45, 7) is 0.564. The van der Waals surface area contributed by atoms with Crippen molar-refractivity contribution in [3.63, 3.8) is 0 Å². The maximum atomic E-state index is 13.2. The third-order valence-corrected chi connectivity index (χ3v) is 7.02. The topological polar surface area (TPSA) is 90.9 Å². The van der Waals surface area contributed by atoms with Crippen LogP contribution in [-0.4, -0.2) is 32.0 Å². The summed E-state index contributed by atoms with van der Waals surface area (Å²) >= 11 is 1.55. The number of rotatable bonds is 9. The fourth-order valence-electron chi connectivity index (χ4n) is 4.30. The van der Waals surface area contributed by atoms with Gasteiger partial charge in [0.25, 0.3) is 5.89 Å². The van der Waals surface area contributed by atoms with E-state index >= 15 is 0 Å². The molecule has 0 radical (unpaired) electrons. The number of methoxy groups -OCH3 is 1. The smallest absolute Gasteiger partial charge is 0.257 e. The van der Waals surface area contributed by atoms with Crippen molar-refractivity contribution in [2.24, 2.45) is 0 Å². The van der Waals surface area contributed by atoms with Crippen molar-refractivity contribution in [1.82, 2.24) is 24.9 Å². The van der Waals surface area contributed by atoms with Gasteiger partial charge in [0.2, 0.25) is 0 Å². The van der Waals surface area contributed by atoms with Gasteiger partial charge in [-0.1, -0.05) is 42.2 Å². The third kappa shape index (κ3) is 5.64. The van der Waals surface area contributed by atoms with Crippen molar-refractivity contribution in [2.45, 2.75) is 55.6 Å². The van der Waals surface area contributed by atoms with Gasteiger partial charge in [-0.05, 0) is 49.2 Å². The zero-order chi connectivity index (χ0) is 24.0. The Labute approximate surface area is 207 Å². The predicted molar refractivity (Wildman–Crippen MR) is 132 cm³/mol. The predicted octanol–water partition coefficient (Wildman–Crippen LogP) is 5.89. The molecule has 2 aromatic heterocycles. The molecule has 0 atom stereocenters. The minimum Gasteiger partial charge on any atom is -0.497 e. The van der Waals surface area contributed by atoms with Crippen molar-refractivity contribution in [1.29, 1.82) is 0 Å². The van der Waals surface area contributed by atoms with E-state index in [4.69, 9.17) is 9.26 Å². The lowest BCUT2D eigenvalue weighted by molar-refractivity contribution is 0.330. The molecule has 0 spiro atoms. The number of anilines is 1. The zero-order valence-corrected chi connectivity index (χ0v) is 20.3. The van der Waals surface area contributed by atoms with Crippen LogP contribution in [0.25, 0.3) is 11.5 Å². The Hall–Kier alpha value is -3.40. The summed E-state index contributed by atoms with van der Waals surface area (Å²) < 4.78 is 26.2. The monoisotopic (exact) mass is 494 g/mol. The van der Waals surface area contributed by atoms with E-state index in [1.807, 2.05) is 24.3 Å². The minimum atomic E-state index is -0.303. The average molecular weight is 495 g/mol. The zero-order valence-electron chi connectivity index (χ0n) is 19.5. The molecule has 8 nitrogen and oxygen atoms in total. The highest BCUT2D eigenvalue weighted by atomic mass is 32.2. The van der Waals surface area contributed by atoms with Gasteiger partial charge in [-0.15, -0.1) is 10.2 Å². The van der Waals surface area contributed by atoms with Crippen LogP contribution in [0.5, 0.6) is 5.75 Å². The molecule has 0 saturated heterocycles. The molecule has 1 aliphatic carbocycles. The molecule has 1 N–H and O–H groups in total. The number of nitrogens with one attached hydrogen (secondary N) is 1. The lowest BCUT2D eigenvalue weighted by Crippen LogP contribution is -2.18. The minimum absolute atomic E-state index is 0.303. The van der Waals surface area contributed by atoms with Crippen molar-refractivity contribution in [3.05, 3.63) is 66.0 Å². The maximum absolute atomic E-state index is 13.2. The number of halogens is 1. The summed E-state index contributed by atoms with van der Waals surface area (Å²) in [6.07, 6.45) is 5.93. The largest absolute Gasteiger partial charge is 0.497 e. The van der Waals surface area contributed by atoms with E-state index in [-0.39, 0.29) is 5.82 Å². The number of ether oxygens (including phenoxy) is 1. The van der Waals surface area contributed by atoms with Gasteiger partial charge in [0.15, 0.2) is 16.8 Å². The van der Waals surface area contributed by atoms with Gasteiger partial charge >= 0.3 is 0 Å². The lowest BCUT2D eigenvalue weighted by Gasteiger charge is -2.25. The molecular formula is C25H27FN6O2S. The highest BCUT2D eigenvalue weighted by molar-refractivity contribution is 7.98. The second-order valence-electron chi connectivity index (χ2n) is 8.46. The molecule has 4 aromatic rings. The normalized spacial score (nSPS) is 14.2. The average Bonchev–Trinajstić information content (AvgIpc) is 3.54. The molecule has 5 rings (SSSR count). The summed E-state index contributed by atoms with van der Waals surface area (Å²) in [6, 6.07) is 14.2. The number of hydrogen-bond acceptors (Lipinski definition) is 8. The van der Waals surface area contributed by atoms with E-state index in [1.165, 1.54) is 31.4 Å². The Morgan fingerprint density at radius 2 is 1.94 bits per heavy atom. The summed E-state index contributed by atoms with van der Waals surface area (Å²) in [5.74, 6) is 2.84. The number of aromatic nitrogens is 5. The van der Waals surface area contributed by atoms with Crippen LogP contribution < -0.4 is 10.1 Å². The molecule has 0 amide bonds. The van der Waals surface area contributed by atoms with Crippen LogP contribution in [0.4, 0.5) is 10.1 Å². The van der Waals surface area contributed by atoms with Gasteiger partial charge in [0.1, 0.15) is 11.6 Å². The molecule has 0 bridgehead atoms. The summed E-state index contributed by atoms with van der Waals surface area (Å²) in [5, 5.41) is 17.4. The Morgan fingerprint density at radius 3 is 2.74 bits per heavy atom. The van der Waals surface area contributed by atoms with Gasteiger partial charge in [-0.25, -0.2) is 4.39 Å². The van der Waals surface area contributed by atoms with Crippen LogP contribution in [0.2, 0.25) is 0 Å². The Bertz CT molecular complexity index is 1250. The highest BCUT2D eigenvalue weighted by Crippen LogP contribution is 2.34. The van der Waals surface area contributed by atoms with Crippen LogP contribution >= 0.6 is 11.8 Å². The quantitative estimate of drug-likeness (QED) is 0.288. The van der Waals surface area contributed by atoms with Crippen LogP contribution in [0.1, 0.15) is 49.8 Å².